The molecule has 0 aliphatic heterocycles. The van der Waals surface area contributed by atoms with Gasteiger partial charge in [0.2, 0.25) is 5.91 Å². The standard InChI is InChI=1S/C21H27NO3S/c1-16(2)26(24,25)14-13-22-21(23)15-20(18-10-5-4-6-11-18)19-12-8-7-9-17(19)3/h4-12,16,20H,13-15H2,1-3H3,(H,22,23)/t20-/m0/s1. The first kappa shape index (κ1) is 20.2. The lowest BCUT2D eigenvalue weighted by molar-refractivity contribution is -0.121. The molecule has 0 radical (unpaired) electrons. The number of sulfone groups is 1. The van der Waals surface area contributed by atoms with Gasteiger partial charge >= 0.3 is 0 Å². The maximum absolute atomic E-state index is 12.5. The lowest BCUT2D eigenvalue weighted by Crippen LogP contribution is -2.32. The molecule has 26 heavy (non-hydrogen) atoms. The van der Waals surface area contributed by atoms with Crippen molar-refractivity contribution >= 4 is 15.7 Å². The van der Waals surface area contributed by atoms with E-state index >= 15 is 0 Å². The summed E-state index contributed by atoms with van der Waals surface area (Å²) in [5.41, 5.74) is 3.33. The molecule has 5 heteroatoms. The summed E-state index contributed by atoms with van der Waals surface area (Å²) in [4.78, 5) is 12.5. The van der Waals surface area contributed by atoms with Crippen LogP contribution < -0.4 is 5.32 Å². The van der Waals surface area contributed by atoms with Crippen LogP contribution >= 0.6 is 0 Å². The Bertz CT molecular complexity index is 829. The lowest BCUT2D eigenvalue weighted by Gasteiger charge is -2.20. The summed E-state index contributed by atoms with van der Waals surface area (Å²) in [5, 5.41) is 2.34. The van der Waals surface area contributed by atoms with Gasteiger partial charge in [-0.05, 0) is 37.5 Å². The highest BCUT2D eigenvalue weighted by molar-refractivity contribution is 7.92. The SMILES string of the molecule is Cc1ccccc1[C@@H](CC(=O)NCCS(=O)(=O)C(C)C)c1ccccc1. The molecule has 0 aliphatic rings. The van der Waals surface area contributed by atoms with Gasteiger partial charge < -0.3 is 5.32 Å². The molecule has 1 atom stereocenters. The molecule has 0 bridgehead atoms. The number of hydrogen-bond acceptors (Lipinski definition) is 3. The minimum Gasteiger partial charge on any atom is -0.355 e. The van der Waals surface area contributed by atoms with Gasteiger partial charge in [0, 0.05) is 18.9 Å². The van der Waals surface area contributed by atoms with Crippen LogP contribution in [0.1, 0.15) is 42.9 Å². The zero-order valence-electron chi connectivity index (χ0n) is 15.6. The smallest absolute Gasteiger partial charge is 0.220 e. The highest BCUT2D eigenvalue weighted by Gasteiger charge is 2.20. The van der Waals surface area contributed by atoms with Crippen molar-refractivity contribution in [1.82, 2.24) is 5.32 Å². The van der Waals surface area contributed by atoms with E-state index < -0.39 is 15.1 Å². The van der Waals surface area contributed by atoms with E-state index in [1.807, 2.05) is 61.5 Å². The number of benzene rings is 2. The monoisotopic (exact) mass is 373 g/mol. The van der Waals surface area contributed by atoms with Crippen molar-refractivity contribution in [3.05, 3.63) is 71.3 Å². The van der Waals surface area contributed by atoms with E-state index in [1.54, 1.807) is 13.8 Å². The van der Waals surface area contributed by atoms with Gasteiger partial charge in [-0.2, -0.15) is 0 Å². The molecule has 2 rings (SSSR count). The normalized spacial score (nSPS) is 12.8. The van der Waals surface area contributed by atoms with Crippen LogP contribution in [0.15, 0.2) is 54.6 Å². The van der Waals surface area contributed by atoms with Crippen molar-refractivity contribution in [3.63, 3.8) is 0 Å². The van der Waals surface area contributed by atoms with Gasteiger partial charge in [0.25, 0.3) is 0 Å². The number of hydrogen-bond donors (Lipinski definition) is 1. The van der Waals surface area contributed by atoms with Crippen molar-refractivity contribution in [3.8, 4) is 0 Å². The van der Waals surface area contributed by atoms with Crippen LogP contribution in [0.4, 0.5) is 0 Å². The van der Waals surface area contributed by atoms with E-state index in [2.05, 4.69) is 5.32 Å². The van der Waals surface area contributed by atoms with Gasteiger partial charge in [0.1, 0.15) is 0 Å². The fourth-order valence-corrected chi connectivity index (χ4v) is 3.75. The predicted octanol–water partition coefficient (Wildman–Crippen LogP) is 3.46. The van der Waals surface area contributed by atoms with Gasteiger partial charge in [0.05, 0.1) is 11.0 Å². The molecule has 2 aromatic carbocycles. The first-order chi connectivity index (χ1) is 12.3. The number of nitrogens with one attached hydrogen (secondary N) is 1. The molecular weight excluding hydrogens is 346 g/mol. The van der Waals surface area contributed by atoms with E-state index in [4.69, 9.17) is 0 Å². The summed E-state index contributed by atoms with van der Waals surface area (Å²) in [6, 6.07) is 18.0. The van der Waals surface area contributed by atoms with E-state index in [-0.39, 0.29) is 30.5 Å². The summed E-state index contributed by atoms with van der Waals surface area (Å²) < 4.78 is 23.7. The summed E-state index contributed by atoms with van der Waals surface area (Å²) in [6.07, 6.45) is 0.288. The molecular formula is C21H27NO3S. The molecule has 0 unspecified atom stereocenters. The van der Waals surface area contributed by atoms with Gasteiger partial charge in [-0.15, -0.1) is 0 Å². The van der Waals surface area contributed by atoms with E-state index in [0.29, 0.717) is 0 Å². The van der Waals surface area contributed by atoms with Crippen LogP contribution in [0.2, 0.25) is 0 Å². The predicted molar refractivity (Wildman–Crippen MR) is 106 cm³/mol. The Labute approximate surface area is 156 Å². The van der Waals surface area contributed by atoms with Crippen LogP contribution in [-0.2, 0) is 14.6 Å². The first-order valence-electron chi connectivity index (χ1n) is 8.90. The largest absolute Gasteiger partial charge is 0.355 e. The van der Waals surface area contributed by atoms with Gasteiger partial charge in [-0.3, -0.25) is 4.79 Å². The molecule has 140 valence electrons. The van der Waals surface area contributed by atoms with Crippen LogP contribution in [0.3, 0.4) is 0 Å². The molecule has 1 amide bonds. The van der Waals surface area contributed by atoms with Crippen molar-refractivity contribution in [2.45, 2.75) is 38.4 Å². The van der Waals surface area contributed by atoms with E-state index in [9.17, 15) is 13.2 Å². The van der Waals surface area contributed by atoms with Gasteiger partial charge in [-0.1, -0.05) is 54.6 Å². The lowest BCUT2D eigenvalue weighted by atomic mass is 9.86. The summed E-state index contributed by atoms with van der Waals surface area (Å²) in [6.45, 7) is 5.49. The molecule has 2 aromatic rings. The molecule has 0 saturated carbocycles. The Morgan fingerprint density at radius 3 is 2.23 bits per heavy atom. The fraction of sp³-hybridized carbons (Fsp3) is 0.381. The minimum absolute atomic E-state index is 0.0310. The highest BCUT2D eigenvalue weighted by atomic mass is 32.2. The number of rotatable bonds is 8. The molecule has 0 saturated heterocycles. The molecule has 0 heterocycles. The van der Waals surface area contributed by atoms with Crippen molar-refractivity contribution in [1.29, 1.82) is 0 Å². The maximum Gasteiger partial charge on any atom is 0.220 e. The molecule has 0 spiro atoms. The number of amides is 1. The molecule has 1 N–H and O–H groups in total. The average molecular weight is 374 g/mol. The third kappa shape index (κ3) is 5.43. The summed E-state index contributed by atoms with van der Waals surface area (Å²) in [7, 11) is -3.15. The number of carbonyl (C=O) groups excluding carboxylic acids is 1. The molecule has 0 aromatic heterocycles. The Morgan fingerprint density at radius 2 is 1.62 bits per heavy atom. The van der Waals surface area contributed by atoms with Crippen LogP contribution in [-0.4, -0.2) is 31.9 Å². The third-order valence-corrected chi connectivity index (χ3v) is 6.79. The van der Waals surface area contributed by atoms with Crippen LogP contribution in [0.5, 0.6) is 0 Å². The second-order valence-electron chi connectivity index (χ2n) is 6.79. The van der Waals surface area contributed by atoms with Crippen molar-refractivity contribution in [2.24, 2.45) is 0 Å². The molecule has 0 fully saturated rings. The Balaban J connectivity index is 2.10. The van der Waals surface area contributed by atoms with E-state index in [0.717, 1.165) is 16.7 Å². The van der Waals surface area contributed by atoms with Gasteiger partial charge in [-0.25, -0.2) is 8.42 Å². The Morgan fingerprint density at radius 1 is 1.00 bits per heavy atom. The Kier molecular flexibility index (Phi) is 6.98. The van der Waals surface area contributed by atoms with Crippen LogP contribution in [0, 0.1) is 6.92 Å². The van der Waals surface area contributed by atoms with Crippen molar-refractivity contribution in [2.75, 3.05) is 12.3 Å². The average Bonchev–Trinajstić information content (AvgIpc) is 2.61. The zero-order chi connectivity index (χ0) is 19.2. The quantitative estimate of drug-likeness (QED) is 0.771. The fourth-order valence-electron chi connectivity index (χ4n) is 2.90. The molecule has 0 aliphatic carbocycles. The minimum atomic E-state index is -3.15. The Hall–Kier alpha value is -2.14. The first-order valence-corrected chi connectivity index (χ1v) is 10.6. The van der Waals surface area contributed by atoms with Crippen LogP contribution in [0.25, 0.3) is 0 Å². The second kappa shape index (κ2) is 8.99. The number of aryl methyl sites for hydroxylation is 1. The maximum atomic E-state index is 12.5. The summed E-state index contributed by atoms with van der Waals surface area (Å²) >= 11 is 0. The zero-order valence-corrected chi connectivity index (χ0v) is 16.4. The number of carbonyl (C=O) groups is 1. The summed E-state index contributed by atoms with van der Waals surface area (Å²) in [5.74, 6) is -0.225. The second-order valence-corrected chi connectivity index (χ2v) is 9.47. The highest BCUT2D eigenvalue weighted by Crippen LogP contribution is 2.30. The van der Waals surface area contributed by atoms with E-state index in [1.165, 1.54) is 0 Å². The third-order valence-electron chi connectivity index (χ3n) is 4.58. The van der Waals surface area contributed by atoms with Gasteiger partial charge in [0.15, 0.2) is 9.84 Å². The molecule has 4 nitrogen and oxygen atoms in total. The van der Waals surface area contributed by atoms with Crippen molar-refractivity contribution < 1.29 is 13.2 Å². The topological polar surface area (TPSA) is 63.2 Å².